The predicted molar refractivity (Wildman–Crippen MR) is 82.5 cm³/mol. The number of ether oxygens (including phenoxy) is 2. The van der Waals surface area contributed by atoms with Crippen molar-refractivity contribution in [2.75, 3.05) is 13.2 Å². The summed E-state index contributed by atoms with van der Waals surface area (Å²) in [5.74, 6) is 1.32. The molecule has 1 aliphatic heterocycles. The minimum atomic E-state index is -0.0366. The van der Waals surface area contributed by atoms with Gasteiger partial charge in [0.25, 0.3) is 0 Å². The number of fused-ring (bicyclic) bond motifs is 1. The summed E-state index contributed by atoms with van der Waals surface area (Å²) >= 11 is 7.41. The van der Waals surface area contributed by atoms with Crippen LogP contribution in [0.5, 0.6) is 11.5 Å². The molecule has 0 unspecified atom stereocenters. The molecule has 112 valence electrons. The maximum absolute atomic E-state index is 11.0. The van der Waals surface area contributed by atoms with Crippen molar-refractivity contribution in [1.82, 2.24) is 10.3 Å². The van der Waals surface area contributed by atoms with Crippen LogP contribution < -0.4 is 19.7 Å². The molecule has 0 bridgehead atoms. The molecule has 5 nitrogen and oxygen atoms in total. The Bertz CT molecular complexity index is 683. The Morgan fingerprint density at radius 2 is 2.14 bits per heavy atom. The molecule has 0 saturated heterocycles. The molecule has 0 amide bonds. The summed E-state index contributed by atoms with van der Waals surface area (Å²) in [6.07, 6.45) is 0.851. The average Bonchev–Trinajstić information content (AvgIpc) is 2.73. The van der Waals surface area contributed by atoms with Gasteiger partial charge in [-0.3, -0.25) is 4.79 Å². The first-order valence-corrected chi connectivity index (χ1v) is 7.93. The number of hydrogen-bond acceptors (Lipinski definition) is 5. The Morgan fingerprint density at radius 3 is 2.95 bits per heavy atom. The molecular formula is C14H15ClN2O3S. The molecule has 2 N–H and O–H groups in total. The van der Waals surface area contributed by atoms with Crippen molar-refractivity contribution in [1.29, 1.82) is 0 Å². The summed E-state index contributed by atoms with van der Waals surface area (Å²) in [5, 5.41) is 5.64. The third kappa shape index (κ3) is 3.58. The quantitative estimate of drug-likeness (QED) is 0.906. The van der Waals surface area contributed by atoms with Crippen LogP contribution in [0.2, 0.25) is 5.02 Å². The van der Waals surface area contributed by atoms with Crippen LogP contribution in [0.4, 0.5) is 0 Å². The lowest BCUT2D eigenvalue weighted by atomic mass is 10.2. The minimum absolute atomic E-state index is 0.0366. The van der Waals surface area contributed by atoms with Crippen LogP contribution in [0.25, 0.3) is 0 Å². The van der Waals surface area contributed by atoms with Crippen LogP contribution in [0.1, 0.15) is 17.7 Å². The third-order valence-corrected chi connectivity index (χ3v) is 4.08. The molecule has 0 atom stereocenters. The zero-order valence-corrected chi connectivity index (χ0v) is 12.9. The van der Waals surface area contributed by atoms with Gasteiger partial charge in [0, 0.05) is 30.6 Å². The van der Waals surface area contributed by atoms with Crippen LogP contribution in [0.15, 0.2) is 22.3 Å². The zero-order valence-electron chi connectivity index (χ0n) is 11.3. The second-order valence-electron chi connectivity index (χ2n) is 4.73. The van der Waals surface area contributed by atoms with E-state index in [1.807, 2.05) is 17.5 Å². The molecule has 0 radical (unpaired) electrons. The Hall–Kier alpha value is -1.50. The summed E-state index contributed by atoms with van der Waals surface area (Å²) in [6.45, 7) is 2.49. The van der Waals surface area contributed by atoms with Crippen LogP contribution in [-0.4, -0.2) is 18.2 Å². The smallest absolute Gasteiger partial charge is 0.304 e. The van der Waals surface area contributed by atoms with E-state index in [2.05, 4.69) is 10.3 Å². The van der Waals surface area contributed by atoms with Gasteiger partial charge in [0.15, 0.2) is 11.5 Å². The number of aromatic nitrogens is 1. The largest absolute Gasteiger partial charge is 0.489 e. The van der Waals surface area contributed by atoms with Crippen LogP contribution >= 0.6 is 22.9 Å². The van der Waals surface area contributed by atoms with Gasteiger partial charge in [-0.05, 0) is 17.7 Å². The van der Waals surface area contributed by atoms with Crippen LogP contribution in [0, 0.1) is 0 Å². The van der Waals surface area contributed by atoms with E-state index in [1.165, 1.54) is 11.3 Å². The summed E-state index contributed by atoms with van der Waals surface area (Å²) in [4.78, 5) is 13.8. The zero-order chi connectivity index (χ0) is 14.7. The van der Waals surface area contributed by atoms with Gasteiger partial charge in [-0.15, -0.1) is 0 Å². The Kier molecular flexibility index (Phi) is 4.48. The highest BCUT2D eigenvalue weighted by Crippen LogP contribution is 2.37. The third-order valence-electron chi connectivity index (χ3n) is 3.08. The number of nitrogens with one attached hydrogen (secondary N) is 2. The topological polar surface area (TPSA) is 63.4 Å². The molecule has 0 aliphatic carbocycles. The molecule has 1 aromatic carbocycles. The molecule has 21 heavy (non-hydrogen) atoms. The van der Waals surface area contributed by atoms with Crippen molar-refractivity contribution in [3.8, 4) is 11.5 Å². The fourth-order valence-electron chi connectivity index (χ4n) is 2.13. The van der Waals surface area contributed by atoms with E-state index in [4.69, 9.17) is 21.1 Å². The van der Waals surface area contributed by atoms with E-state index in [9.17, 15) is 4.79 Å². The van der Waals surface area contributed by atoms with Gasteiger partial charge < -0.3 is 19.8 Å². The van der Waals surface area contributed by atoms with Gasteiger partial charge >= 0.3 is 4.87 Å². The van der Waals surface area contributed by atoms with Crippen molar-refractivity contribution in [3.63, 3.8) is 0 Å². The fourth-order valence-corrected chi connectivity index (χ4v) is 3.00. The normalized spacial score (nSPS) is 14.0. The Morgan fingerprint density at radius 1 is 1.29 bits per heavy atom. The van der Waals surface area contributed by atoms with E-state index < -0.39 is 0 Å². The van der Waals surface area contributed by atoms with Crippen molar-refractivity contribution in [3.05, 3.63) is 43.5 Å². The lowest BCUT2D eigenvalue weighted by molar-refractivity contribution is 0.297. The highest BCUT2D eigenvalue weighted by atomic mass is 35.5. The first kappa shape index (κ1) is 14.4. The predicted octanol–water partition coefficient (Wildman–Crippen LogP) is 2.54. The average molecular weight is 327 g/mol. The van der Waals surface area contributed by atoms with Crippen molar-refractivity contribution in [2.45, 2.75) is 19.5 Å². The molecule has 2 heterocycles. The molecule has 0 spiro atoms. The maximum Gasteiger partial charge on any atom is 0.304 e. The van der Waals surface area contributed by atoms with Gasteiger partial charge in [-0.2, -0.15) is 0 Å². The number of rotatable bonds is 4. The molecule has 1 aliphatic rings. The number of benzene rings is 1. The molecule has 0 saturated carbocycles. The van der Waals surface area contributed by atoms with Crippen LogP contribution in [-0.2, 0) is 13.1 Å². The number of H-pyrrole nitrogens is 1. The summed E-state index contributed by atoms with van der Waals surface area (Å²) in [7, 11) is 0. The first-order valence-electron chi connectivity index (χ1n) is 6.68. The molecule has 2 aromatic rings. The van der Waals surface area contributed by atoms with Crippen molar-refractivity contribution >= 4 is 22.9 Å². The van der Waals surface area contributed by atoms with Crippen molar-refractivity contribution < 1.29 is 9.47 Å². The molecule has 0 fully saturated rings. The number of hydrogen-bond donors (Lipinski definition) is 2. The SMILES string of the molecule is O=c1[nH]c(CNCc2cc(Cl)c3c(c2)OCCCO3)cs1. The summed E-state index contributed by atoms with van der Waals surface area (Å²) < 4.78 is 11.2. The van der Waals surface area contributed by atoms with Gasteiger partial charge in [-0.25, -0.2) is 0 Å². The van der Waals surface area contributed by atoms with E-state index >= 15 is 0 Å². The van der Waals surface area contributed by atoms with Gasteiger partial charge in [0.2, 0.25) is 0 Å². The fraction of sp³-hybridized carbons (Fsp3) is 0.357. The first-order chi connectivity index (χ1) is 10.2. The van der Waals surface area contributed by atoms with Crippen molar-refractivity contribution in [2.24, 2.45) is 0 Å². The van der Waals surface area contributed by atoms with Gasteiger partial charge in [0.1, 0.15) is 0 Å². The molecule has 3 rings (SSSR count). The van der Waals surface area contributed by atoms with E-state index in [0.717, 1.165) is 17.7 Å². The van der Waals surface area contributed by atoms with E-state index in [-0.39, 0.29) is 4.87 Å². The summed E-state index contributed by atoms with van der Waals surface area (Å²) in [6, 6.07) is 3.81. The number of aromatic amines is 1. The molecule has 7 heteroatoms. The second kappa shape index (κ2) is 6.51. The molecular weight excluding hydrogens is 312 g/mol. The van der Waals surface area contributed by atoms with Crippen LogP contribution in [0.3, 0.4) is 0 Å². The number of halogens is 1. The van der Waals surface area contributed by atoms with E-state index in [1.54, 1.807) is 0 Å². The Labute approximate surface area is 130 Å². The minimum Gasteiger partial charge on any atom is -0.489 e. The van der Waals surface area contributed by atoms with Gasteiger partial charge in [-0.1, -0.05) is 22.9 Å². The van der Waals surface area contributed by atoms with E-state index in [0.29, 0.717) is 42.8 Å². The van der Waals surface area contributed by atoms with Gasteiger partial charge in [0.05, 0.1) is 18.2 Å². The standard InChI is InChI=1S/C14H15ClN2O3S/c15-11-4-9(5-12-13(11)20-3-1-2-19-12)6-16-7-10-8-21-14(18)17-10/h4-5,8,16H,1-3,6-7H2,(H,17,18). The number of thiazole rings is 1. The second-order valence-corrected chi connectivity index (χ2v) is 5.98. The lowest BCUT2D eigenvalue weighted by Crippen LogP contribution is -2.14. The monoisotopic (exact) mass is 326 g/mol. The Balaban J connectivity index is 1.67. The molecule has 1 aromatic heterocycles. The maximum atomic E-state index is 11.0. The highest BCUT2D eigenvalue weighted by Gasteiger charge is 2.15. The summed E-state index contributed by atoms with van der Waals surface area (Å²) in [5.41, 5.74) is 1.90. The lowest BCUT2D eigenvalue weighted by Gasteiger charge is -2.12. The highest BCUT2D eigenvalue weighted by molar-refractivity contribution is 7.07.